The Bertz CT molecular complexity index is 488. The van der Waals surface area contributed by atoms with Crippen molar-refractivity contribution >= 4 is 39.6 Å². The summed E-state index contributed by atoms with van der Waals surface area (Å²) in [6, 6.07) is 7.33. The Hall–Kier alpha value is -1.01. The van der Waals surface area contributed by atoms with Crippen molar-refractivity contribution in [3.8, 4) is 0 Å². The lowest BCUT2D eigenvalue weighted by molar-refractivity contribution is -0.137. The monoisotopic (exact) mass is 359 g/mol. The fraction of sp³-hybridized carbons (Fsp3) is 0.429. The summed E-state index contributed by atoms with van der Waals surface area (Å²) < 4.78 is 0.319. The maximum absolute atomic E-state index is 12.2. The van der Waals surface area contributed by atoms with Crippen LogP contribution in [0.15, 0.2) is 33.6 Å². The standard InChI is InChI=1S/C14H18BrNO3S/c1-9(8-12(17)18)16-13(19)14(2,3)20-11-6-4-10(15)5-7-11/h4-7,9H,8H2,1-3H3,(H,16,19)(H,17,18). The molecule has 0 aliphatic carbocycles. The molecule has 1 rings (SSSR count). The summed E-state index contributed by atoms with van der Waals surface area (Å²) in [5.74, 6) is -1.09. The molecule has 1 aromatic rings. The van der Waals surface area contributed by atoms with E-state index in [0.29, 0.717) is 0 Å². The zero-order chi connectivity index (χ0) is 15.3. The van der Waals surface area contributed by atoms with Crippen LogP contribution in [0.1, 0.15) is 27.2 Å². The van der Waals surface area contributed by atoms with Crippen molar-refractivity contribution in [1.29, 1.82) is 0 Å². The van der Waals surface area contributed by atoms with Gasteiger partial charge in [0.2, 0.25) is 5.91 Å². The van der Waals surface area contributed by atoms with Crippen molar-refractivity contribution in [1.82, 2.24) is 5.32 Å². The molecule has 0 saturated carbocycles. The molecular formula is C14H18BrNO3S. The Morgan fingerprint density at radius 1 is 1.35 bits per heavy atom. The van der Waals surface area contributed by atoms with Gasteiger partial charge < -0.3 is 10.4 Å². The van der Waals surface area contributed by atoms with Crippen molar-refractivity contribution in [2.75, 3.05) is 0 Å². The van der Waals surface area contributed by atoms with Gasteiger partial charge in [-0.2, -0.15) is 0 Å². The summed E-state index contributed by atoms with van der Waals surface area (Å²) in [7, 11) is 0. The summed E-state index contributed by atoms with van der Waals surface area (Å²) in [6.07, 6.45) is -0.0786. The van der Waals surface area contributed by atoms with Crippen molar-refractivity contribution < 1.29 is 14.7 Å². The molecule has 1 unspecified atom stereocenters. The van der Waals surface area contributed by atoms with Crippen molar-refractivity contribution in [3.63, 3.8) is 0 Å². The third-order valence-electron chi connectivity index (χ3n) is 2.59. The summed E-state index contributed by atoms with van der Waals surface area (Å²) in [4.78, 5) is 23.8. The van der Waals surface area contributed by atoms with Gasteiger partial charge in [0.15, 0.2) is 0 Å². The highest BCUT2D eigenvalue weighted by Gasteiger charge is 2.30. The molecule has 0 aliphatic rings. The van der Waals surface area contributed by atoms with Crippen LogP contribution >= 0.6 is 27.7 Å². The van der Waals surface area contributed by atoms with E-state index in [0.717, 1.165) is 9.37 Å². The Balaban J connectivity index is 2.65. The van der Waals surface area contributed by atoms with Crippen LogP contribution in [0, 0.1) is 0 Å². The molecule has 0 saturated heterocycles. The van der Waals surface area contributed by atoms with E-state index in [1.165, 1.54) is 11.8 Å². The molecule has 0 heterocycles. The van der Waals surface area contributed by atoms with E-state index in [1.807, 2.05) is 38.1 Å². The number of rotatable bonds is 6. The number of halogens is 1. The third-order valence-corrected chi connectivity index (χ3v) is 4.32. The average molecular weight is 360 g/mol. The molecule has 110 valence electrons. The Labute approximate surface area is 131 Å². The predicted molar refractivity (Wildman–Crippen MR) is 83.9 cm³/mol. The first-order valence-electron chi connectivity index (χ1n) is 6.18. The second-order valence-corrected chi connectivity index (χ2v) is 7.65. The van der Waals surface area contributed by atoms with E-state index in [2.05, 4.69) is 21.2 Å². The second-order valence-electron chi connectivity index (χ2n) is 5.04. The molecule has 0 bridgehead atoms. The van der Waals surface area contributed by atoms with Crippen LogP contribution in [0.25, 0.3) is 0 Å². The van der Waals surface area contributed by atoms with E-state index >= 15 is 0 Å². The first-order valence-corrected chi connectivity index (χ1v) is 7.79. The first-order chi connectivity index (χ1) is 9.20. The molecule has 0 fully saturated rings. The van der Waals surface area contributed by atoms with E-state index in [-0.39, 0.29) is 18.4 Å². The van der Waals surface area contributed by atoms with E-state index < -0.39 is 10.7 Å². The van der Waals surface area contributed by atoms with Crippen LogP contribution in [0.3, 0.4) is 0 Å². The van der Waals surface area contributed by atoms with Gasteiger partial charge in [-0.1, -0.05) is 15.9 Å². The van der Waals surface area contributed by atoms with Crippen LogP contribution in [0.2, 0.25) is 0 Å². The maximum atomic E-state index is 12.2. The number of hydrogen-bond donors (Lipinski definition) is 2. The molecule has 0 spiro atoms. The van der Waals surface area contributed by atoms with Crippen LogP contribution in [0.4, 0.5) is 0 Å². The number of carboxylic acid groups (broad SMARTS) is 1. The molecule has 2 N–H and O–H groups in total. The van der Waals surface area contributed by atoms with Gasteiger partial charge in [0.05, 0.1) is 11.2 Å². The van der Waals surface area contributed by atoms with Gasteiger partial charge in [-0.05, 0) is 45.0 Å². The number of aliphatic carboxylic acids is 1. The lowest BCUT2D eigenvalue weighted by Crippen LogP contribution is -2.44. The molecule has 1 aromatic carbocycles. The number of thioether (sulfide) groups is 1. The van der Waals surface area contributed by atoms with E-state index in [4.69, 9.17) is 5.11 Å². The summed E-state index contributed by atoms with van der Waals surface area (Å²) >= 11 is 4.81. The molecule has 20 heavy (non-hydrogen) atoms. The van der Waals surface area contributed by atoms with E-state index in [9.17, 15) is 9.59 Å². The number of benzene rings is 1. The van der Waals surface area contributed by atoms with Gasteiger partial charge in [-0.15, -0.1) is 11.8 Å². The zero-order valence-corrected chi connectivity index (χ0v) is 14.0. The quantitative estimate of drug-likeness (QED) is 0.764. The predicted octanol–water partition coefficient (Wildman–Crippen LogP) is 3.30. The number of nitrogens with one attached hydrogen (secondary N) is 1. The zero-order valence-electron chi connectivity index (χ0n) is 11.6. The maximum Gasteiger partial charge on any atom is 0.305 e. The molecule has 0 aliphatic heterocycles. The van der Waals surface area contributed by atoms with Gasteiger partial charge in [-0.3, -0.25) is 9.59 Å². The Morgan fingerprint density at radius 2 is 1.90 bits per heavy atom. The van der Waals surface area contributed by atoms with Gasteiger partial charge in [0.25, 0.3) is 0 Å². The number of carboxylic acids is 1. The van der Waals surface area contributed by atoms with Gasteiger partial charge in [-0.25, -0.2) is 0 Å². The van der Waals surface area contributed by atoms with Crippen LogP contribution in [-0.2, 0) is 9.59 Å². The number of hydrogen-bond acceptors (Lipinski definition) is 3. The van der Waals surface area contributed by atoms with Gasteiger partial charge in [0, 0.05) is 15.4 Å². The SMILES string of the molecule is CC(CC(=O)O)NC(=O)C(C)(C)Sc1ccc(Br)cc1. The first kappa shape index (κ1) is 17.0. The average Bonchev–Trinajstić information content (AvgIpc) is 2.30. The fourth-order valence-electron chi connectivity index (χ4n) is 1.55. The van der Waals surface area contributed by atoms with Crippen molar-refractivity contribution in [3.05, 3.63) is 28.7 Å². The molecule has 0 aromatic heterocycles. The smallest absolute Gasteiger partial charge is 0.305 e. The lowest BCUT2D eigenvalue weighted by Gasteiger charge is -2.25. The largest absolute Gasteiger partial charge is 0.481 e. The summed E-state index contributed by atoms with van der Waals surface area (Å²) in [6.45, 7) is 5.33. The number of carbonyl (C=O) groups excluding carboxylic acids is 1. The van der Waals surface area contributed by atoms with Gasteiger partial charge in [0.1, 0.15) is 0 Å². The molecular weight excluding hydrogens is 342 g/mol. The normalized spacial score (nSPS) is 12.8. The highest BCUT2D eigenvalue weighted by molar-refractivity contribution is 9.10. The van der Waals surface area contributed by atoms with Crippen LogP contribution in [0.5, 0.6) is 0 Å². The summed E-state index contributed by atoms with van der Waals surface area (Å²) in [5, 5.41) is 11.4. The van der Waals surface area contributed by atoms with Crippen LogP contribution < -0.4 is 5.32 Å². The fourth-order valence-corrected chi connectivity index (χ4v) is 2.83. The molecule has 4 nitrogen and oxygen atoms in total. The molecule has 6 heteroatoms. The summed E-state index contributed by atoms with van der Waals surface area (Å²) in [5.41, 5.74) is 0. The minimum atomic E-state index is -0.920. The lowest BCUT2D eigenvalue weighted by atomic mass is 10.1. The van der Waals surface area contributed by atoms with Crippen LogP contribution in [-0.4, -0.2) is 27.8 Å². The topological polar surface area (TPSA) is 66.4 Å². The molecule has 1 amide bonds. The minimum Gasteiger partial charge on any atom is -0.481 e. The minimum absolute atomic E-state index is 0.0786. The highest BCUT2D eigenvalue weighted by atomic mass is 79.9. The highest BCUT2D eigenvalue weighted by Crippen LogP contribution is 2.33. The van der Waals surface area contributed by atoms with Crippen molar-refractivity contribution in [2.24, 2.45) is 0 Å². The number of amides is 1. The number of carbonyl (C=O) groups is 2. The third kappa shape index (κ3) is 5.54. The van der Waals surface area contributed by atoms with E-state index in [1.54, 1.807) is 6.92 Å². The molecule has 1 atom stereocenters. The Kier molecular flexibility index (Phi) is 6.07. The van der Waals surface area contributed by atoms with Gasteiger partial charge >= 0.3 is 5.97 Å². The molecule has 0 radical (unpaired) electrons. The van der Waals surface area contributed by atoms with Crippen molar-refractivity contribution in [2.45, 2.75) is 42.9 Å². The second kappa shape index (κ2) is 7.13. The Morgan fingerprint density at radius 3 is 2.40 bits per heavy atom.